The standard InChI is InChI=1S/C26H36O4/c1-3-5-7-9-11-17-25(27)29-23-19-20-24(22-16-14-13-15-21(22)23)30-26(28)18-12-10-8-6-4-2/h13-16,19-20H,3-12,17-18H2,1-2H3. The molecule has 2 aromatic carbocycles. The van der Waals surface area contributed by atoms with Gasteiger partial charge in [-0.05, 0) is 25.0 Å². The summed E-state index contributed by atoms with van der Waals surface area (Å²) in [6.45, 7) is 4.35. The maximum Gasteiger partial charge on any atom is 0.311 e. The van der Waals surface area contributed by atoms with Crippen LogP contribution in [0, 0.1) is 0 Å². The lowest BCUT2D eigenvalue weighted by molar-refractivity contribution is -0.135. The fourth-order valence-corrected chi connectivity index (χ4v) is 3.51. The number of hydrogen-bond acceptors (Lipinski definition) is 4. The minimum atomic E-state index is -0.214. The molecule has 0 aliphatic carbocycles. The van der Waals surface area contributed by atoms with E-state index in [4.69, 9.17) is 9.47 Å². The molecule has 0 unspecified atom stereocenters. The number of benzene rings is 2. The number of carbonyl (C=O) groups excluding carboxylic acids is 2. The molecule has 0 N–H and O–H groups in total. The molecule has 0 aliphatic heterocycles. The summed E-state index contributed by atoms with van der Waals surface area (Å²) in [5, 5.41) is 1.56. The van der Waals surface area contributed by atoms with Crippen LogP contribution in [0.2, 0.25) is 0 Å². The van der Waals surface area contributed by atoms with Crippen molar-refractivity contribution in [2.24, 2.45) is 0 Å². The molecule has 0 saturated carbocycles. The van der Waals surface area contributed by atoms with Crippen molar-refractivity contribution < 1.29 is 19.1 Å². The molecule has 164 valence electrons. The third-order valence-electron chi connectivity index (χ3n) is 5.26. The molecule has 0 spiro atoms. The van der Waals surface area contributed by atoms with Gasteiger partial charge >= 0.3 is 11.9 Å². The number of fused-ring (bicyclic) bond motifs is 1. The minimum absolute atomic E-state index is 0.214. The van der Waals surface area contributed by atoms with Crippen molar-refractivity contribution in [1.29, 1.82) is 0 Å². The fraction of sp³-hybridized carbons (Fsp3) is 0.538. The summed E-state index contributed by atoms with van der Waals surface area (Å²) in [5.41, 5.74) is 0. The van der Waals surface area contributed by atoms with Gasteiger partial charge in [0.1, 0.15) is 11.5 Å². The van der Waals surface area contributed by atoms with Crippen LogP contribution < -0.4 is 9.47 Å². The Kier molecular flexibility index (Phi) is 11.0. The summed E-state index contributed by atoms with van der Waals surface area (Å²) in [6.07, 6.45) is 11.8. The zero-order valence-electron chi connectivity index (χ0n) is 18.6. The number of ether oxygens (including phenoxy) is 2. The van der Waals surface area contributed by atoms with Crippen LogP contribution in [0.1, 0.15) is 90.9 Å². The highest BCUT2D eigenvalue weighted by Crippen LogP contribution is 2.33. The molecule has 0 fully saturated rings. The first-order valence-corrected chi connectivity index (χ1v) is 11.6. The van der Waals surface area contributed by atoms with E-state index >= 15 is 0 Å². The number of unbranched alkanes of at least 4 members (excludes halogenated alkanes) is 8. The van der Waals surface area contributed by atoms with Crippen LogP contribution >= 0.6 is 0 Å². The summed E-state index contributed by atoms with van der Waals surface area (Å²) in [6, 6.07) is 11.0. The largest absolute Gasteiger partial charge is 0.426 e. The van der Waals surface area contributed by atoms with Crippen molar-refractivity contribution in [3.8, 4) is 11.5 Å². The van der Waals surface area contributed by atoms with Crippen LogP contribution in [0.15, 0.2) is 36.4 Å². The van der Waals surface area contributed by atoms with Crippen molar-refractivity contribution in [3.05, 3.63) is 36.4 Å². The first kappa shape index (κ1) is 23.9. The molecule has 2 rings (SSSR count). The van der Waals surface area contributed by atoms with E-state index < -0.39 is 0 Å². The summed E-state index contributed by atoms with van der Waals surface area (Å²) in [5.74, 6) is 0.606. The van der Waals surface area contributed by atoms with Crippen molar-refractivity contribution in [1.82, 2.24) is 0 Å². The van der Waals surface area contributed by atoms with Crippen LogP contribution in [0.5, 0.6) is 11.5 Å². The lowest BCUT2D eigenvalue weighted by atomic mass is 10.1. The predicted molar refractivity (Wildman–Crippen MR) is 122 cm³/mol. The molecular weight excluding hydrogens is 376 g/mol. The Morgan fingerprint density at radius 1 is 0.600 bits per heavy atom. The molecule has 0 aromatic heterocycles. The quantitative estimate of drug-likeness (QED) is 0.185. The molecule has 30 heavy (non-hydrogen) atoms. The van der Waals surface area contributed by atoms with E-state index in [1.165, 1.54) is 25.7 Å². The van der Waals surface area contributed by atoms with Crippen LogP contribution in [-0.4, -0.2) is 11.9 Å². The van der Waals surface area contributed by atoms with Gasteiger partial charge in [0.2, 0.25) is 0 Å². The number of hydrogen-bond donors (Lipinski definition) is 0. The molecule has 0 aliphatic rings. The Morgan fingerprint density at radius 2 is 1.00 bits per heavy atom. The first-order valence-electron chi connectivity index (χ1n) is 11.6. The van der Waals surface area contributed by atoms with E-state index in [0.29, 0.717) is 24.3 Å². The third-order valence-corrected chi connectivity index (χ3v) is 5.26. The Morgan fingerprint density at radius 3 is 1.40 bits per heavy atom. The van der Waals surface area contributed by atoms with Crippen molar-refractivity contribution in [2.45, 2.75) is 90.9 Å². The summed E-state index contributed by atoms with van der Waals surface area (Å²) in [7, 11) is 0. The minimum Gasteiger partial charge on any atom is -0.426 e. The maximum atomic E-state index is 12.2. The van der Waals surface area contributed by atoms with Gasteiger partial charge in [-0.15, -0.1) is 0 Å². The topological polar surface area (TPSA) is 52.6 Å². The van der Waals surface area contributed by atoms with Crippen molar-refractivity contribution in [3.63, 3.8) is 0 Å². The monoisotopic (exact) mass is 412 g/mol. The smallest absolute Gasteiger partial charge is 0.311 e. The maximum absolute atomic E-state index is 12.2. The Labute approximate surface area is 181 Å². The van der Waals surface area contributed by atoms with Crippen LogP contribution in [0.25, 0.3) is 10.8 Å². The summed E-state index contributed by atoms with van der Waals surface area (Å²) < 4.78 is 11.2. The van der Waals surface area contributed by atoms with E-state index in [1.54, 1.807) is 12.1 Å². The number of esters is 2. The molecule has 0 amide bonds. The van der Waals surface area contributed by atoms with Gasteiger partial charge in [-0.3, -0.25) is 9.59 Å². The third kappa shape index (κ3) is 8.17. The van der Waals surface area contributed by atoms with Crippen molar-refractivity contribution >= 4 is 22.7 Å². The van der Waals surface area contributed by atoms with Gasteiger partial charge in [0, 0.05) is 23.6 Å². The first-order chi connectivity index (χ1) is 14.7. The Balaban J connectivity index is 1.95. The lowest BCUT2D eigenvalue weighted by Crippen LogP contribution is -2.09. The van der Waals surface area contributed by atoms with Gasteiger partial charge in [0.15, 0.2) is 0 Å². The SMILES string of the molecule is CCCCCCCC(=O)Oc1ccc(OC(=O)CCCCCCC)c2ccccc12. The normalized spacial score (nSPS) is 10.9. The molecule has 0 saturated heterocycles. The van der Waals surface area contributed by atoms with Gasteiger partial charge in [-0.1, -0.05) is 89.5 Å². The Hall–Kier alpha value is -2.36. The summed E-state index contributed by atoms with van der Waals surface area (Å²) in [4.78, 5) is 24.5. The zero-order chi connectivity index (χ0) is 21.6. The highest BCUT2D eigenvalue weighted by molar-refractivity contribution is 5.96. The lowest BCUT2D eigenvalue weighted by Gasteiger charge is -2.12. The van der Waals surface area contributed by atoms with E-state index in [2.05, 4.69) is 13.8 Å². The van der Waals surface area contributed by atoms with Crippen LogP contribution in [0.4, 0.5) is 0 Å². The fourth-order valence-electron chi connectivity index (χ4n) is 3.51. The number of carbonyl (C=O) groups is 2. The van der Waals surface area contributed by atoms with Gasteiger partial charge in [0.25, 0.3) is 0 Å². The highest BCUT2D eigenvalue weighted by atomic mass is 16.5. The average Bonchev–Trinajstić information content (AvgIpc) is 2.75. The highest BCUT2D eigenvalue weighted by Gasteiger charge is 2.13. The van der Waals surface area contributed by atoms with Gasteiger partial charge in [0.05, 0.1) is 0 Å². The van der Waals surface area contributed by atoms with Gasteiger partial charge in [-0.2, -0.15) is 0 Å². The van der Waals surface area contributed by atoms with E-state index in [-0.39, 0.29) is 11.9 Å². The van der Waals surface area contributed by atoms with Gasteiger partial charge < -0.3 is 9.47 Å². The molecule has 4 heteroatoms. The van der Waals surface area contributed by atoms with E-state index in [0.717, 1.165) is 49.3 Å². The molecular formula is C26H36O4. The second-order valence-electron chi connectivity index (χ2n) is 7.88. The molecule has 0 heterocycles. The molecule has 4 nitrogen and oxygen atoms in total. The van der Waals surface area contributed by atoms with Crippen LogP contribution in [0.3, 0.4) is 0 Å². The van der Waals surface area contributed by atoms with Crippen LogP contribution in [-0.2, 0) is 9.59 Å². The summed E-state index contributed by atoms with van der Waals surface area (Å²) >= 11 is 0. The second kappa shape index (κ2) is 13.8. The van der Waals surface area contributed by atoms with E-state index in [1.807, 2.05) is 24.3 Å². The average molecular weight is 413 g/mol. The Bertz CT molecular complexity index is 730. The van der Waals surface area contributed by atoms with E-state index in [9.17, 15) is 9.59 Å². The van der Waals surface area contributed by atoms with Gasteiger partial charge in [-0.25, -0.2) is 0 Å². The molecule has 0 radical (unpaired) electrons. The zero-order valence-corrected chi connectivity index (χ0v) is 18.6. The van der Waals surface area contributed by atoms with Crippen molar-refractivity contribution in [2.75, 3.05) is 0 Å². The molecule has 0 bridgehead atoms. The number of rotatable bonds is 14. The predicted octanol–water partition coefficient (Wildman–Crippen LogP) is 7.37. The molecule has 0 atom stereocenters. The second-order valence-corrected chi connectivity index (χ2v) is 7.88. The molecule has 2 aromatic rings.